The number of benzene rings is 1. The summed E-state index contributed by atoms with van der Waals surface area (Å²) in [5.41, 5.74) is 9.86. The number of aryl methyl sites for hydroxylation is 1. The zero-order valence-electron chi connectivity index (χ0n) is 11.9. The predicted molar refractivity (Wildman–Crippen MR) is 83.2 cm³/mol. The quantitative estimate of drug-likeness (QED) is 0.924. The largest absolute Gasteiger partial charge is 0.326 e. The number of rotatable bonds is 3. The van der Waals surface area contributed by atoms with E-state index < -0.39 is 0 Å². The van der Waals surface area contributed by atoms with Gasteiger partial charge >= 0.3 is 0 Å². The van der Waals surface area contributed by atoms with Gasteiger partial charge in [0.2, 0.25) is 0 Å². The molecule has 0 saturated carbocycles. The first-order valence-electron chi connectivity index (χ1n) is 7.36. The SMILES string of the molecule is CC[C@H](N)c1ccc(N2CCCc3ccccc32)nc1. The van der Waals surface area contributed by atoms with Crippen LogP contribution in [-0.4, -0.2) is 11.5 Å². The molecule has 3 nitrogen and oxygen atoms in total. The predicted octanol–water partition coefficient (Wildman–Crippen LogP) is 3.58. The summed E-state index contributed by atoms with van der Waals surface area (Å²) < 4.78 is 0. The third-order valence-corrected chi connectivity index (χ3v) is 4.03. The average molecular weight is 267 g/mol. The van der Waals surface area contributed by atoms with Gasteiger partial charge in [-0.1, -0.05) is 31.2 Å². The van der Waals surface area contributed by atoms with Crippen molar-refractivity contribution >= 4 is 11.5 Å². The van der Waals surface area contributed by atoms with E-state index in [1.54, 1.807) is 0 Å². The monoisotopic (exact) mass is 267 g/mol. The van der Waals surface area contributed by atoms with Gasteiger partial charge in [-0.05, 0) is 42.5 Å². The molecule has 0 radical (unpaired) electrons. The zero-order valence-corrected chi connectivity index (χ0v) is 11.9. The van der Waals surface area contributed by atoms with Crippen LogP contribution in [0.5, 0.6) is 0 Å². The fraction of sp³-hybridized carbons (Fsp3) is 0.353. The molecule has 0 aliphatic carbocycles. The van der Waals surface area contributed by atoms with Gasteiger partial charge in [0.25, 0.3) is 0 Å². The summed E-state index contributed by atoms with van der Waals surface area (Å²) in [5.74, 6) is 1.02. The van der Waals surface area contributed by atoms with E-state index in [9.17, 15) is 0 Å². The number of nitrogens with two attached hydrogens (primary N) is 1. The van der Waals surface area contributed by atoms with Gasteiger partial charge in [-0.25, -0.2) is 4.98 Å². The molecule has 2 aromatic rings. The van der Waals surface area contributed by atoms with Crippen LogP contribution in [0.15, 0.2) is 42.6 Å². The van der Waals surface area contributed by atoms with Gasteiger partial charge in [-0.2, -0.15) is 0 Å². The molecule has 1 aromatic carbocycles. The fourth-order valence-electron chi connectivity index (χ4n) is 2.78. The van der Waals surface area contributed by atoms with E-state index >= 15 is 0 Å². The summed E-state index contributed by atoms with van der Waals surface area (Å²) in [5, 5.41) is 0. The Morgan fingerprint density at radius 3 is 2.85 bits per heavy atom. The van der Waals surface area contributed by atoms with Gasteiger partial charge in [-0.3, -0.25) is 0 Å². The van der Waals surface area contributed by atoms with Gasteiger partial charge < -0.3 is 10.6 Å². The first-order valence-corrected chi connectivity index (χ1v) is 7.36. The van der Waals surface area contributed by atoms with Gasteiger partial charge in [-0.15, -0.1) is 0 Å². The number of pyridine rings is 1. The number of nitrogens with zero attached hydrogens (tertiary/aromatic N) is 2. The number of fused-ring (bicyclic) bond motifs is 1. The first-order chi connectivity index (χ1) is 9.79. The third-order valence-electron chi connectivity index (χ3n) is 4.03. The molecular weight excluding hydrogens is 246 g/mol. The standard InChI is InChI=1S/C17H21N3/c1-2-15(18)14-9-10-17(19-12-14)20-11-5-7-13-6-3-4-8-16(13)20/h3-4,6,8-10,12,15H,2,5,7,11,18H2,1H3/t15-/m0/s1. The molecule has 2 heterocycles. The zero-order chi connectivity index (χ0) is 13.9. The first kappa shape index (κ1) is 13.1. The molecule has 0 spiro atoms. The van der Waals surface area contributed by atoms with Crippen LogP contribution in [-0.2, 0) is 6.42 Å². The molecule has 1 atom stereocenters. The molecule has 20 heavy (non-hydrogen) atoms. The van der Waals surface area contributed by atoms with E-state index in [4.69, 9.17) is 5.73 Å². The van der Waals surface area contributed by atoms with E-state index in [0.717, 1.165) is 30.8 Å². The summed E-state index contributed by atoms with van der Waals surface area (Å²) >= 11 is 0. The van der Waals surface area contributed by atoms with Crippen molar-refractivity contribution in [3.8, 4) is 0 Å². The summed E-state index contributed by atoms with van der Waals surface area (Å²) in [6.45, 7) is 3.13. The smallest absolute Gasteiger partial charge is 0.132 e. The Bertz CT molecular complexity index is 577. The Kier molecular flexibility index (Phi) is 3.70. The molecular formula is C17H21N3. The van der Waals surface area contributed by atoms with Crippen molar-refractivity contribution in [1.82, 2.24) is 4.98 Å². The average Bonchev–Trinajstić information content (AvgIpc) is 2.54. The molecule has 3 heteroatoms. The highest BCUT2D eigenvalue weighted by Crippen LogP contribution is 2.32. The van der Waals surface area contributed by atoms with Gasteiger partial charge in [0.15, 0.2) is 0 Å². The van der Waals surface area contributed by atoms with E-state index in [2.05, 4.69) is 53.2 Å². The van der Waals surface area contributed by atoms with Crippen LogP contribution in [0.2, 0.25) is 0 Å². The van der Waals surface area contributed by atoms with Crippen LogP contribution < -0.4 is 10.6 Å². The van der Waals surface area contributed by atoms with Crippen molar-refractivity contribution in [2.24, 2.45) is 5.73 Å². The molecule has 1 aliphatic rings. The van der Waals surface area contributed by atoms with Crippen LogP contribution in [0.1, 0.15) is 36.9 Å². The molecule has 1 aliphatic heterocycles. The maximum atomic E-state index is 6.05. The molecule has 0 bridgehead atoms. The highest BCUT2D eigenvalue weighted by molar-refractivity contribution is 5.65. The minimum absolute atomic E-state index is 0.0881. The second kappa shape index (κ2) is 5.63. The Hall–Kier alpha value is -1.87. The van der Waals surface area contributed by atoms with Crippen LogP contribution in [0.25, 0.3) is 0 Å². The molecule has 0 amide bonds. The summed E-state index contributed by atoms with van der Waals surface area (Å²) in [4.78, 5) is 6.92. The molecule has 1 aromatic heterocycles. The Labute approximate surface area is 120 Å². The Morgan fingerprint density at radius 2 is 2.10 bits per heavy atom. The van der Waals surface area contributed by atoms with E-state index in [-0.39, 0.29) is 6.04 Å². The van der Waals surface area contributed by atoms with E-state index in [1.807, 2.05) is 6.20 Å². The van der Waals surface area contributed by atoms with Gasteiger partial charge in [0.1, 0.15) is 5.82 Å². The molecule has 2 N–H and O–H groups in total. The molecule has 104 valence electrons. The second-order valence-electron chi connectivity index (χ2n) is 5.35. The summed E-state index contributed by atoms with van der Waals surface area (Å²) in [6.07, 6.45) is 5.19. The van der Waals surface area contributed by atoms with Crippen LogP contribution >= 0.6 is 0 Å². The third kappa shape index (κ3) is 2.41. The fourth-order valence-corrected chi connectivity index (χ4v) is 2.78. The number of hydrogen-bond donors (Lipinski definition) is 1. The minimum atomic E-state index is 0.0881. The lowest BCUT2D eigenvalue weighted by atomic mass is 10.0. The molecule has 3 rings (SSSR count). The lowest BCUT2D eigenvalue weighted by Crippen LogP contribution is -2.25. The van der Waals surface area contributed by atoms with Crippen LogP contribution in [0, 0.1) is 0 Å². The van der Waals surface area contributed by atoms with Crippen molar-refractivity contribution in [2.75, 3.05) is 11.4 Å². The second-order valence-corrected chi connectivity index (χ2v) is 5.35. The molecule has 0 fully saturated rings. The maximum absolute atomic E-state index is 6.05. The van der Waals surface area contributed by atoms with E-state index in [0.29, 0.717) is 0 Å². The van der Waals surface area contributed by atoms with Crippen molar-refractivity contribution in [3.63, 3.8) is 0 Å². The van der Waals surface area contributed by atoms with Gasteiger partial charge in [0.05, 0.1) is 0 Å². The van der Waals surface area contributed by atoms with Crippen LogP contribution in [0.3, 0.4) is 0 Å². The highest BCUT2D eigenvalue weighted by atomic mass is 15.2. The minimum Gasteiger partial charge on any atom is -0.326 e. The van der Waals surface area contributed by atoms with Crippen molar-refractivity contribution in [1.29, 1.82) is 0 Å². The Balaban J connectivity index is 1.91. The van der Waals surface area contributed by atoms with Crippen molar-refractivity contribution < 1.29 is 0 Å². The van der Waals surface area contributed by atoms with E-state index in [1.165, 1.54) is 17.7 Å². The molecule has 0 unspecified atom stereocenters. The van der Waals surface area contributed by atoms with Crippen molar-refractivity contribution in [2.45, 2.75) is 32.2 Å². The summed E-state index contributed by atoms with van der Waals surface area (Å²) in [7, 11) is 0. The lowest BCUT2D eigenvalue weighted by Gasteiger charge is -2.30. The lowest BCUT2D eigenvalue weighted by molar-refractivity contribution is 0.694. The number of hydrogen-bond acceptors (Lipinski definition) is 3. The number of para-hydroxylation sites is 1. The maximum Gasteiger partial charge on any atom is 0.132 e. The van der Waals surface area contributed by atoms with Crippen molar-refractivity contribution in [3.05, 3.63) is 53.7 Å². The Morgan fingerprint density at radius 1 is 1.25 bits per heavy atom. The normalized spacial score (nSPS) is 15.8. The topological polar surface area (TPSA) is 42.1 Å². The molecule has 0 saturated heterocycles. The highest BCUT2D eigenvalue weighted by Gasteiger charge is 2.18. The number of anilines is 2. The number of aromatic nitrogens is 1. The van der Waals surface area contributed by atoms with Gasteiger partial charge in [0, 0.05) is 24.5 Å². The van der Waals surface area contributed by atoms with Crippen LogP contribution in [0.4, 0.5) is 11.5 Å². The summed E-state index contributed by atoms with van der Waals surface area (Å²) in [6, 6.07) is 12.9.